The number of benzene rings is 1. The maximum Gasteiger partial charge on any atom is 0.317 e. The number of hydrogen-bond donors (Lipinski definition) is 2. The molecule has 6 heteroatoms. The Hall–Kier alpha value is -2.21. The van der Waals surface area contributed by atoms with Crippen LogP contribution in [0.15, 0.2) is 42.3 Å². The van der Waals surface area contributed by atoms with Crippen molar-refractivity contribution in [1.29, 1.82) is 0 Å². The lowest BCUT2D eigenvalue weighted by Gasteiger charge is -2.35. The van der Waals surface area contributed by atoms with Crippen molar-refractivity contribution in [3.05, 3.63) is 47.9 Å². The van der Waals surface area contributed by atoms with E-state index >= 15 is 0 Å². The summed E-state index contributed by atoms with van der Waals surface area (Å²) >= 11 is 0. The highest BCUT2D eigenvalue weighted by atomic mass is 16.8. The lowest BCUT2D eigenvalue weighted by atomic mass is 9.98. The van der Waals surface area contributed by atoms with E-state index in [4.69, 9.17) is 9.57 Å². The van der Waals surface area contributed by atoms with Crippen LogP contribution in [0, 0.1) is 0 Å². The Labute approximate surface area is 155 Å². The van der Waals surface area contributed by atoms with E-state index in [0.29, 0.717) is 12.4 Å². The van der Waals surface area contributed by atoms with Gasteiger partial charge in [-0.25, -0.2) is 15.1 Å². The monoisotopic (exact) mass is 359 g/mol. The quantitative estimate of drug-likeness (QED) is 0.842. The van der Waals surface area contributed by atoms with Crippen molar-refractivity contribution in [2.24, 2.45) is 0 Å². The zero-order chi connectivity index (χ0) is 18.4. The van der Waals surface area contributed by atoms with E-state index in [9.17, 15) is 4.79 Å². The molecule has 26 heavy (non-hydrogen) atoms. The maximum atomic E-state index is 12.6. The number of carbonyl (C=O) groups is 1. The molecule has 2 aliphatic heterocycles. The summed E-state index contributed by atoms with van der Waals surface area (Å²) in [6.07, 6.45) is 7.07. The number of nitrogens with zero attached hydrogens (tertiary/aromatic N) is 1. The summed E-state index contributed by atoms with van der Waals surface area (Å²) in [5, 5.41) is 3.06. The molecule has 0 spiro atoms. The van der Waals surface area contributed by atoms with E-state index in [1.165, 1.54) is 6.42 Å². The van der Waals surface area contributed by atoms with Crippen LogP contribution >= 0.6 is 0 Å². The van der Waals surface area contributed by atoms with Gasteiger partial charge in [0.2, 0.25) is 11.7 Å². The van der Waals surface area contributed by atoms with Crippen LogP contribution in [0.3, 0.4) is 0 Å². The fraction of sp³-hybridized carbons (Fsp3) is 0.550. The van der Waals surface area contributed by atoms with Gasteiger partial charge in [-0.1, -0.05) is 30.3 Å². The van der Waals surface area contributed by atoms with Gasteiger partial charge in [0.25, 0.3) is 0 Å². The highest BCUT2D eigenvalue weighted by Crippen LogP contribution is 2.24. The molecule has 0 aliphatic carbocycles. The summed E-state index contributed by atoms with van der Waals surface area (Å²) in [5.41, 5.74) is 3.92. The average Bonchev–Trinajstić information content (AvgIpc) is 3.00. The van der Waals surface area contributed by atoms with E-state index in [2.05, 4.69) is 10.8 Å². The Morgan fingerprint density at radius 2 is 2.15 bits per heavy atom. The van der Waals surface area contributed by atoms with Crippen LogP contribution in [0.1, 0.15) is 51.5 Å². The van der Waals surface area contributed by atoms with Crippen molar-refractivity contribution in [3.8, 4) is 0 Å². The Morgan fingerprint density at radius 3 is 2.88 bits per heavy atom. The molecule has 3 rings (SSSR count). The van der Waals surface area contributed by atoms with E-state index in [1.807, 2.05) is 55.2 Å². The van der Waals surface area contributed by atoms with Crippen molar-refractivity contribution >= 4 is 6.03 Å². The van der Waals surface area contributed by atoms with Gasteiger partial charge >= 0.3 is 6.03 Å². The Kier molecular flexibility index (Phi) is 6.04. The van der Waals surface area contributed by atoms with Gasteiger partial charge in [0.1, 0.15) is 0 Å². The average molecular weight is 359 g/mol. The molecule has 1 atom stereocenters. The molecule has 1 aromatic rings. The third-order valence-electron chi connectivity index (χ3n) is 4.76. The molecule has 6 nitrogen and oxygen atoms in total. The minimum atomic E-state index is -0.625. The summed E-state index contributed by atoms with van der Waals surface area (Å²) in [6, 6.07) is 10.3. The second-order valence-electron chi connectivity index (χ2n) is 7.34. The Balaban J connectivity index is 1.49. The molecule has 0 saturated carbocycles. The van der Waals surface area contributed by atoms with Gasteiger partial charge in [-0.3, -0.25) is 0 Å². The van der Waals surface area contributed by atoms with Gasteiger partial charge in [0, 0.05) is 33.0 Å². The van der Waals surface area contributed by atoms with Gasteiger partial charge in [0.15, 0.2) is 0 Å². The van der Waals surface area contributed by atoms with Crippen LogP contribution in [0.2, 0.25) is 0 Å². The molecule has 2 heterocycles. The van der Waals surface area contributed by atoms with Gasteiger partial charge in [-0.05, 0) is 43.7 Å². The first-order valence-corrected chi connectivity index (χ1v) is 9.45. The highest BCUT2D eigenvalue weighted by molar-refractivity contribution is 5.74. The zero-order valence-electron chi connectivity index (χ0n) is 15.7. The molecular formula is C20H29N3O3. The number of likely N-dealkylation sites (tertiary alicyclic amines) is 1. The van der Waals surface area contributed by atoms with Crippen LogP contribution in [0.5, 0.6) is 0 Å². The van der Waals surface area contributed by atoms with E-state index in [0.717, 1.165) is 37.8 Å². The number of urea groups is 1. The normalized spacial score (nSPS) is 23.4. The van der Waals surface area contributed by atoms with Gasteiger partial charge in [-0.15, -0.1) is 0 Å². The first-order valence-electron chi connectivity index (χ1n) is 9.45. The van der Waals surface area contributed by atoms with E-state index in [1.54, 1.807) is 0 Å². The van der Waals surface area contributed by atoms with E-state index in [-0.39, 0.29) is 12.1 Å². The fourth-order valence-electron chi connectivity index (χ4n) is 3.41. The Morgan fingerprint density at radius 1 is 1.35 bits per heavy atom. The SMILES string of the molecule is CC1(C)ONC(=CCCC2CCCCN2C(=O)NCc2ccccc2)O1. The number of amides is 2. The third-order valence-corrected chi connectivity index (χ3v) is 4.76. The van der Waals surface area contributed by atoms with Crippen molar-refractivity contribution in [2.75, 3.05) is 6.54 Å². The molecular weight excluding hydrogens is 330 g/mol. The second kappa shape index (κ2) is 8.45. The van der Waals surface area contributed by atoms with Crippen LogP contribution in [0.25, 0.3) is 0 Å². The molecule has 1 unspecified atom stereocenters. The van der Waals surface area contributed by atoms with Crippen molar-refractivity contribution in [3.63, 3.8) is 0 Å². The lowest BCUT2D eigenvalue weighted by Crippen LogP contribution is -2.48. The number of rotatable bonds is 5. The zero-order valence-corrected chi connectivity index (χ0v) is 15.7. The highest BCUT2D eigenvalue weighted by Gasteiger charge is 2.30. The summed E-state index contributed by atoms with van der Waals surface area (Å²) in [4.78, 5) is 19.9. The third kappa shape index (κ3) is 5.14. The molecule has 2 amide bonds. The minimum Gasteiger partial charge on any atom is -0.444 e. The number of carbonyl (C=O) groups excluding carboxylic acids is 1. The van der Waals surface area contributed by atoms with Gasteiger partial charge in [0.05, 0.1) is 0 Å². The predicted molar refractivity (Wildman–Crippen MR) is 99.7 cm³/mol. The molecule has 2 saturated heterocycles. The second-order valence-corrected chi connectivity index (χ2v) is 7.34. The summed E-state index contributed by atoms with van der Waals surface area (Å²) < 4.78 is 5.63. The van der Waals surface area contributed by atoms with Gasteiger partial charge < -0.3 is 15.0 Å². The smallest absolute Gasteiger partial charge is 0.317 e. The molecule has 142 valence electrons. The molecule has 2 N–H and O–H groups in total. The molecule has 1 aromatic carbocycles. The standard InChI is InChI=1S/C20H29N3O3/c1-20(2)25-18(22-26-20)13-8-12-17-11-6-7-14-23(17)19(24)21-15-16-9-4-3-5-10-16/h3-5,9-10,13,17,22H,6-8,11-12,14-15H2,1-2H3,(H,21,24). The topological polar surface area (TPSA) is 62.8 Å². The molecule has 2 fully saturated rings. The van der Waals surface area contributed by atoms with E-state index < -0.39 is 5.79 Å². The van der Waals surface area contributed by atoms with Crippen molar-refractivity contribution in [2.45, 2.75) is 64.3 Å². The number of hydroxylamine groups is 1. The van der Waals surface area contributed by atoms with Crippen LogP contribution in [-0.4, -0.2) is 29.3 Å². The number of nitrogens with one attached hydrogen (secondary N) is 2. The lowest BCUT2D eigenvalue weighted by molar-refractivity contribution is -0.139. The van der Waals surface area contributed by atoms with Crippen molar-refractivity contribution in [1.82, 2.24) is 15.7 Å². The van der Waals surface area contributed by atoms with Crippen LogP contribution in [-0.2, 0) is 16.1 Å². The maximum absolute atomic E-state index is 12.6. The van der Waals surface area contributed by atoms with Crippen molar-refractivity contribution < 1.29 is 14.4 Å². The molecule has 0 radical (unpaired) electrons. The predicted octanol–water partition coefficient (Wildman–Crippen LogP) is 3.66. The first kappa shape index (κ1) is 18.6. The Bertz CT molecular complexity index is 630. The molecule has 0 bridgehead atoms. The number of allylic oxidation sites excluding steroid dienone is 1. The summed E-state index contributed by atoms with van der Waals surface area (Å²) in [5.74, 6) is 0.0333. The van der Waals surface area contributed by atoms with Crippen LogP contribution < -0.4 is 10.8 Å². The first-order chi connectivity index (χ1) is 12.5. The number of piperidine rings is 1. The van der Waals surface area contributed by atoms with Gasteiger partial charge in [-0.2, -0.15) is 0 Å². The number of ether oxygens (including phenoxy) is 1. The summed E-state index contributed by atoms with van der Waals surface area (Å²) in [6.45, 7) is 5.12. The summed E-state index contributed by atoms with van der Waals surface area (Å²) in [7, 11) is 0. The van der Waals surface area contributed by atoms with Crippen LogP contribution in [0.4, 0.5) is 4.79 Å². The fourth-order valence-corrected chi connectivity index (χ4v) is 3.41. The largest absolute Gasteiger partial charge is 0.444 e. The number of hydrogen-bond acceptors (Lipinski definition) is 4. The molecule has 2 aliphatic rings. The molecule has 0 aromatic heterocycles. The minimum absolute atomic E-state index is 0.0333.